The minimum Gasteiger partial charge on any atom is -0.462 e. The van der Waals surface area contributed by atoms with Gasteiger partial charge in [0.1, 0.15) is 19.8 Å². The topological polar surface area (TPSA) is 108 Å². The Bertz CT molecular complexity index is 981. The number of unbranched alkanes of at least 4 members (excludes halogenated alkanes) is 6. The highest BCUT2D eigenvalue weighted by atomic mass is 31.2. The van der Waals surface area contributed by atoms with Crippen LogP contribution in [0.4, 0.5) is 0 Å². The van der Waals surface area contributed by atoms with Crippen LogP contribution in [-0.4, -0.2) is 74.9 Å². The Morgan fingerprint density at radius 2 is 1.22 bits per heavy atom. The van der Waals surface area contributed by atoms with Crippen LogP contribution < -0.4 is 0 Å². The smallest absolute Gasteiger partial charge is 0.462 e. The van der Waals surface area contributed by atoms with Crippen LogP contribution in [0.5, 0.6) is 0 Å². The van der Waals surface area contributed by atoms with Gasteiger partial charge in [-0.1, -0.05) is 113 Å². The number of hydrogen-bond donors (Lipinski definition) is 1. The van der Waals surface area contributed by atoms with Gasteiger partial charge >= 0.3 is 19.8 Å². The van der Waals surface area contributed by atoms with Gasteiger partial charge < -0.3 is 18.9 Å². The number of allylic oxidation sites excluding steroid dienone is 9. The van der Waals surface area contributed by atoms with Crippen molar-refractivity contribution in [3.05, 3.63) is 60.8 Å². The highest BCUT2D eigenvalue weighted by Crippen LogP contribution is 2.43. The fourth-order valence-electron chi connectivity index (χ4n) is 3.91. The number of rotatable bonds is 29. The predicted octanol–water partition coefficient (Wildman–Crippen LogP) is 8.56. The quantitative estimate of drug-likeness (QED) is 0.0278. The number of likely N-dealkylation sites (N-methyl/N-ethyl adjacent to an activating group) is 1. The standard InChI is InChI=1S/C36H62NO8P/c1-6-8-10-12-14-15-16-17-18-19-20-21-23-25-27-29-36(39)45-34(33-44-46(40,41)43-31-30-37(3,4)5)32-42-35(38)28-26-24-22-13-11-9-7-2/h8,10,14-15,17-18,20-21,25,27,34H,6-7,9,11-13,16,19,22-24,26,28-33H2,1-5H3/p+1/b10-8-,15-14-,18-17-,21-20-,27-25-. The summed E-state index contributed by atoms with van der Waals surface area (Å²) in [5.41, 5.74) is 0. The zero-order valence-electron chi connectivity index (χ0n) is 29.3. The van der Waals surface area contributed by atoms with Crippen LogP contribution in [-0.2, 0) is 32.7 Å². The summed E-state index contributed by atoms with van der Waals surface area (Å²) in [6, 6.07) is 0. The van der Waals surface area contributed by atoms with E-state index in [1.165, 1.54) is 19.3 Å². The lowest BCUT2D eigenvalue weighted by Gasteiger charge is -2.24. The lowest BCUT2D eigenvalue weighted by molar-refractivity contribution is -0.870. The van der Waals surface area contributed by atoms with Crippen LogP contribution in [0.2, 0.25) is 0 Å². The van der Waals surface area contributed by atoms with Crippen molar-refractivity contribution in [3.8, 4) is 0 Å². The number of nitrogens with zero attached hydrogens (tertiary/aromatic N) is 1. The van der Waals surface area contributed by atoms with Gasteiger partial charge in [0, 0.05) is 6.42 Å². The van der Waals surface area contributed by atoms with E-state index in [1.54, 1.807) is 6.08 Å². The molecule has 0 rings (SSSR count). The molecule has 0 fully saturated rings. The summed E-state index contributed by atoms with van der Waals surface area (Å²) >= 11 is 0. The molecule has 10 heteroatoms. The molecule has 0 saturated carbocycles. The summed E-state index contributed by atoms with van der Waals surface area (Å²) in [6.07, 6.45) is 31.8. The second-order valence-corrected chi connectivity index (χ2v) is 13.6. The normalized spacial score (nSPS) is 14.7. The van der Waals surface area contributed by atoms with Gasteiger partial charge in [-0.2, -0.15) is 0 Å². The summed E-state index contributed by atoms with van der Waals surface area (Å²) in [5.74, 6) is -0.962. The predicted molar refractivity (Wildman–Crippen MR) is 187 cm³/mol. The SMILES string of the molecule is CC/C=C\C/C=C\C/C=C\C/C=C\C/C=C\CC(=O)OC(COC(=O)CCCCCCCCC)COP(=O)(O)OCC[N+](C)(C)C. The highest BCUT2D eigenvalue weighted by Gasteiger charge is 2.26. The van der Waals surface area contributed by atoms with Crippen LogP contribution in [0, 0.1) is 0 Å². The summed E-state index contributed by atoms with van der Waals surface area (Å²) in [6.45, 7) is 4.09. The lowest BCUT2D eigenvalue weighted by atomic mass is 10.1. The molecule has 2 atom stereocenters. The van der Waals surface area contributed by atoms with Gasteiger partial charge in [-0.3, -0.25) is 18.6 Å². The molecular weight excluding hydrogens is 605 g/mol. The van der Waals surface area contributed by atoms with Crippen LogP contribution in [0.3, 0.4) is 0 Å². The van der Waals surface area contributed by atoms with Gasteiger partial charge in [0.05, 0.1) is 34.2 Å². The van der Waals surface area contributed by atoms with E-state index in [0.717, 1.165) is 51.4 Å². The molecule has 0 aliphatic carbocycles. The molecule has 0 aromatic carbocycles. The first-order valence-electron chi connectivity index (χ1n) is 17.0. The molecule has 0 saturated heterocycles. The molecule has 0 aliphatic heterocycles. The van der Waals surface area contributed by atoms with Crippen molar-refractivity contribution >= 4 is 19.8 Å². The molecule has 0 amide bonds. The van der Waals surface area contributed by atoms with Crippen LogP contribution in [0.1, 0.15) is 104 Å². The average molecular weight is 669 g/mol. The minimum atomic E-state index is -4.38. The molecule has 2 unspecified atom stereocenters. The maximum atomic E-state index is 12.5. The number of ether oxygens (including phenoxy) is 2. The van der Waals surface area contributed by atoms with Crippen molar-refractivity contribution in [2.75, 3.05) is 47.5 Å². The van der Waals surface area contributed by atoms with Crippen molar-refractivity contribution in [1.29, 1.82) is 0 Å². The van der Waals surface area contributed by atoms with Gasteiger partial charge in [0.2, 0.25) is 0 Å². The molecule has 0 aromatic heterocycles. The number of carbonyl (C=O) groups excluding carboxylic acids is 2. The number of phosphoric acid groups is 1. The van der Waals surface area contributed by atoms with Crippen molar-refractivity contribution in [1.82, 2.24) is 0 Å². The molecular formula is C36H63NO8P+. The number of carbonyl (C=O) groups is 2. The monoisotopic (exact) mass is 668 g/mol. The van der Waals surface area contributed by atoms with Gasteiger partial charge in [-0.05, 0) is 38.5 Å². The first kappa shape index (κ1) is 43.7. The van der Waals surface area contributed by atoms with E-state index in [9.17, 15) is 19.0 Å². The molecule has 9 nitrogen and oxygen atoms in total. The zero-order chi connectivity index (χ0) is 34.4. The molecule has 0 bridgehead atoms. The van der Waals surface area contributed by atoms with Gasteiger partial charge in [0.25, 0.3) is 0 Å². The Hall–Kier alpha value is -2.29. The fourth-order valence-corrected chi connectivity index (χ4v) is 4.65. The van der Waals surface area contributed by atoms with E-state index < -0.39 is 32.5 Å². The third kappa shape index (κ3) is 31.7. The molecule has 0 radical (unpaired) electrons. The Balaban J connectivity index is 4.66. The first-order chi connectivity index (χ1) is 22.0. The molecule has 0 spiro atoms. The van der Waals surface area contributed by atoms with E-state index in [1.807, 2.05) is 33.3 Å². The Morgan fingerprint density at radius 1 is 0.696 bits per heavy atom. The third-order valence-electron chi connectivity index (χ3n) is 6.60. The molecule has 264 valence electrons. The fraction of sp³-hybridized carbons (Fsp3) is 0.667. The molecule has 0 aliphatic rings. The van der Waals surface area contributed by atoms with E-state index in [4.69, 9.17) is 18.5 Å². The largest absolute Gasteiger partial charge is 0.472 e. The van der Waals surface area contributed by atoms with Gasteiger partial charge in [-0.15, -0.1) is 0 Å². The lowest BCUT2D eigenvalue weighted by Crippen LogP contribution is -2.37. The second-order valence-electron chi connectivity index (χ2n) is 12.2. The van der Waals surface area contributed by atoms with Crippen LogP contribution >= 0.6 is 7.82 Å². The number of hydrogen-bond acceptors (Lipinski definition) is 7. The Kier molecular flexibility index (Phi) is 27.5. The molecule has 46 heavy (non-hydrogen) atoms. The second kappa shape index (κ2) is 28.9. The van der Waals surface area contributed by atoms with E-state index in [2.05, 4.69) is 56.4 Å². The summed E-state index contributed by atoms with van der Waals surface area (Å²) in [5, 5.41) is 0. The van der Waals surface area contributed by atoms with E-state index in [-0.39, 0.29) is 26.1 Å². The average Bonchev–Trinajstić information content (AvgIpc) is 2.99. The first-order valence-corrected chi connectivity index (χ1v) is 18.5. The van der Waals surface area contributed by atoms with Crippen molar-refractivity contribution in [2.24, 2.45) is 0 Å². The zero-order valence-corrected chi connectivity index (χ0v) is 30.2. The van der Waals surface area contributed by atoms with Crippen molar-refractivity contribution in [2.45, 2.75) is 110 Å². The molecule has 0 heterocycles. The summed E-state index contributed by atoms with van der Waals surface area (Å²) in [4.78, 5) is 34.8. The molecule has 0 aromatic rings. The van der Waals surface area contributed by atoms with Crippen molar-refractivity contribution in [3.63, 3.8) is 0 Å². The summed E-state index contributed by atoms with van der Waals surface area (Å²) in [7, 11) is 1.41. The number of phosphoric ester groups is 1. The van der Waals surface area contributed by atoms with Crippen LogP contribution in [0.25, 0.3) is 0 Å². The van der Waals surface area contributed by atoms with Crippen LogP contribution in [0.15, 0.2) is 60.8 Å². The molecule has 1 N–H and O–H groups in total. The Labute approximate surface area is 279 Å². The highest BCUT2D eigenvalue weighted by molar-refractivity contribution is 7.47. The van der Waals surface area contributed by atoms with Gasteiger partial charge in [-0.25, -0.2) is 4.57 Å². The number of quaternary nitrogens is 1. The van der Waals surface area contributed by atoms with E-state index >= 15 is 0 Å². The maximum Gasteiger partial charge on any atom is 0.472 e. The number of esters is 2. The summed E-state index contributed by atoms with van der Waals surface area (Å²) < 4.78 is 33.8. The van der Waals surface area contributed by atoms with Crippen molar-refractivity contribution < 1.29 is 42.1 Å². The van der Waals surface area contributed by atoms with E-state index in [0.29, 0.717) is 17.4 Å². The third-order valence-corrected chi connectivity index (χ3v) is 7.58. The minimum absolute atomic E-state index is 0.00673. The van der Waals surface area contributed by atoms with Gasteiger partial charge in [0.15, 0.2) is 6.10 Å². The maximum absolute atomic E-state index is 12.5. The Morgan fingerprint density at radius 3 is 1.76 bits per heavy atom.